The van der Waals surface area contributed by atoms with Crippen LogP contribution in [0, 0.1) is 47.4 Å². The van der Waals surface area contributed by atoms with Crippen molar-refractivity contribution < 1.29 is 0 Å². The third-order valence-corrected chi connectivity index (χ3v) is 6.64. The molecule has 6 rings (SSSR count). The number of hydrogen-bond acceptors (Lipinski definition) is 0. The van der Waals surface area contributed by atoms with Crippen LogP contribution in [0.3, 0.4) is 0 Å². The van der Waals surface area contributed by atoms with Gasteiger partial charge in [0.25, 0.3) is 0 Å². The lowest BCUT2D eigenvalue weighted by Gasteiger charge is -2.11. The minimum atomic E-state index is 0.779. The van der Waals surface area contributed by atoms with Gasteiger partial charge in [0.2, 0.25) is 0 Å². The van der Waals surface area contributed by atoms with Gasteiger partial charge in [-0.25, -0.2) is 0 Å². The van der Waals surface area contributed by atoms with Crippen LogP contribution in [0.1, 0.15) is 44.5 Å². The molecule has 0 bridgehead atoms. The highest BCUT2D eigenvalue weighted by Gasteiger charge is 2.16. The first-order valence-electron chi connectivity index (χ1n) is 13.7. The Morgan fingerprint density at radius 1 is 0.214 bits per heavy atom. The van der Waals surface area contributed by atoms with Crippen molar-refractivity contribution in [1.29, 1.82) is 0 Å². The van der Waals surface area contributed by atoms with Gasteiger partial charge in [0.05, 0.1) is 11.1 Å². The lowest BCUT2D eigenvalue weighted by Crippen LogP contribution is -1.99. The molecule has 0 spiro atoms. The van der Waals surface area contributed by atoms with Crippen molar-refractivity contribution in [2.45, 2.75) is 0 Å². The normalized spacial score (nSPS) is 9.62. The second-order valence-electron chi connectivity index (χ2n) is 9.51. The van der Waals surface area contributed by atoms with E-state index in [1.807, 2.05) is 133 Å². The number of hydrogen-bond donors (Lipinski definition) is 0. The minimum absolute atomic E-state index is 0.779. The van der Waals surface area contributed by atoms with E-state index in [0.29, 0.717) is 0 Å². The van der Waals surface area contributed by atoms with Crippen molar-refractivity contribution in [1.82, 2.24) is 0 Å². The predicted molar refractivity (Wildman–Crippen MR) is 174 cm³/mol. The molecule has 6 aromatic rings. The van der Waals surface area contributed by atoms with E-state index in [-0.39, 0.29) is 0 Å². The van der Waals surface area contributed by atoms with Crippen LogP contribution in [0.15, 0.2) is 146 Å². The van der Waals surface area contributed by atoms with Crippen molar-refractivity contribution in [3.63, 3.8) is 0 Å². The van der Waals surface area contributed by atoms with Gasteiger partial charge in [-0.3, -0.25) is 0 Å². The topological polar surface area (TPSA) is 0 Å². The highest BCUT2D eigenvalue weighted by Crippen LogP contribution is 2.30. The maximum absolute atomic E-state index is 3.48. The van der Waals surface area contributed by atoms with Gasteiger partial charge in [-0.2, -0.15) is 0 Å². The Kier molecular flexibility index (Phi) is 7.93. The fraction of sp³-hybridized carbons (Fsp3) is 0. The molecule has 0 fully saturated rings. The second kappa shape index (κ2) is 12.8. The molecule has 0 nitrogen and oxygen atoms in total. The molecule has 192 valence electrons. The summed E-state index contributed by atoms with van der Waals surface area (Å²) in [6, 6.07) is 48.3. The van der Waals surface area contributed by atoms with Gasteiger partial charge in [0.15, 0.2) is 0 Å². The summed E-state index contributed by atoms with van der Waals surface area (Å²) in [5, 5.41) is 2.00. The van der Waals surface area contributed by atoms with Crippen LogP contribution < -0.4 is 0 Å². The molecule has 0 saturated carbocycles. The molecule has 0 radical (unpaired) electrons. The molecular formula is C42H24. The molecule has 0 aliphatic heterocycles. The monoisotopic (exact) mass is 528 g/mol. The third-order valence-electron chi connectivity index (χ3n) is 6.64. The van der Waals surface area contributed by atoms with Crippen molar-refractivity contribution in [3.05, 3.63) is 190 Å². The largest absolute Gasteiger partial charge is 0.0622 e. The van der Waals surface area contributed by atoms with Gasteiger partial charge in [-0.05, 0) is 59.3 Å². The standard InChI is InChI=1S/C42H24/c1-5-15-33(16-6-1)25-29-39-37-23-13-14-24-38(37)40(30-26-34-17-7-2-8-18-34)42(32-28-36-21-11-4-12-22-36)41(39)31-27-35-19-9-3-10-20-35/h1-24H. The number of rotatable bonds is 0. The van der Waals surface area contributed by atoms with Gasteiger partial charge in [0.1, 0.15) is 0 Å². The minimum Gasteiger partial charge on any atom is -0.0622 e. The molecule has 0 unspecified atom stereocenters. The Bertz CT molecular complexity index is 1950. The summed E-state index contributed by atoms with van der Waals surface area (Å²) < 4.78 is 0. The summed E-state index contributed by atoms with van der Waals surface area (Å²) >= 11 is 0. The van der Waals surface area contributed by atoms with E-state index in [2.05, 4.69) is 59.5 Å². The maximum atomic E-state index is 3.48. The average Bonchev–Trinajstić information content (AvgIpc) is 3.06. The summed E-state index contributed by atoms with van der Waals surface area (Å²) in [5.41, 5.74) is 6.98. The first kappa shape index (κ1) is 26.1. The van der Waals surface area contributed by atoms with E-state index in [1.54, 1.807) is 0 Å². The summed E-state index contributed by atoms with van der Waals surface area (Å²) in [6.45, 7) is 0. The van der Waals surface area contributed by atoms with Crippen LogP contribution >= 0.6 is 0 Å². The van der Waals surface area contributed by atoms with E-state index >= 15 is 0 Å². The molecule has 0 N–H and O–H groups in total. The lowest BCUT2D eigenvalue weighted by atomic mass is 9.89. The van der Waals surface area contributed by atoms with Crippen molar-refractivity contribution in [2.75, 3.05) is 0 Å². The fourth-order valence-electron chi connectivity index (χ4n) is 4.57. The van der Waals surface area contributed by atoms with Gasteiger partial charge in [-0.1, -0.05) is 144 Å². The van der Waals surface area contributed by atoms with E-state index < -0.39 is 0 Å². The first-order chi connectivity index (χ1) is 20.8. The van der Waals surface area contributed by atoms with Crippen LogP contribution in [0.25, 0.3) is 10.8 Å². The fourth-order valence-corrected chi connectivity index (χ4v) is 4.57. The van der Waals surface area contributed by atoms with E-state index in [1.165, 1.54) is 0 Å². The number of benzene rings is 6. The molecule has 0 aromatic heterocycles. The van der Waals surface area contributed by atoms with Crippen molar-refractivity contribution in [3.8, 4) is 47.4 Å². The van der Waals surface area contributed by atoms with E-state index in [9.17, 15) is 0 Å². The Morgan fingerprint density at radius 2 is 0.452 bits per heavy atom. The van der Waals surface area contributed by atoms with Crippen LogP contribution in [0.2, 0.25) is 0 Å². The zero-order chi connectivity index (χ0) is 28.4. The molecule has 0 amide bonds. The SMILES string of the molecule is C(#Cc1c(C#Cc2ccccc2)c(C#Cc2ccccc2)c2ccccc2c1C#Cc1ccccc1)c1ccccc1. The molecule has 0 heterocycles. The summed E-state index contributed by atoms with van der Waals surface area (Å²) in [6.07, 6.45) is 0. The van der Waals surface area contributed by atoms with E-state index in [4.69, 9.17) is 0 Å². The zero-order valence-corrected chi connectivity index (χ0v) is 22.9. The van der Waals surface area contributed by atoms with Gasteiger partial charge < -0.3 is 0 Å². The van der Waals surface area contributed by atoms with Crippen LogP contribution in [0.4, 0.5) is 0 Å². The average molecular weight is 529 g/mol. The lowest BCUT2D eigenvalue weighted by molar-refractivity contribution is 1.54. The quantitative estimate of drug-likeness (QED) is 0.174. The van der Waals surface area contributed by atoms with Crippen molar-refractivity contribution >= 4 is 10.8 Å². The Balaban J connectivity index is 1.70. The Hall–Kier alpha value is -6.18. The van der Waals surface area contributed by atoms with E-state index in [0.717, 1.165) is 55.3 Å². The molecule has 0 aliphatic carbocycles. The highest BCUT2D eigenvalue weighted by molar-refractivity contribution is 5.98. The molecular weight excluding hydrogens is 504 g/mol. The maximum Gasteiger partial charge on any atom is 0.0581 e. The summed E-state index contributed by atoms with van der Waals surface area (Å²) in [7, 11) is 0. The van der Waals surface area contributed by atoms with Crippen LogP contribution in [0.5, 0.6) is 0 Å². The molecule has 0 atom stereocenters. The summed E-state index contributed by atoms with van der Waals surface area (Å²) in [4.78, 5) is 0. The van der Waals surface area contributed by atoms with Gasteiger partial charge in [0, 0.05) is 33.4 Å². The Labute approximate surface area is 247 Å². The molecule has 6 aromatic carbocycles. The van der Waals surface area contributed by atoms with Crippen LogP contribution in [-0.4, -0.2) is 0 Å². The van der Waals surface area contributed by atoms with Gasteiger partial charge >= 0.3 is 0 Å². The second-order valence-corrected chi connectivity index (χ2v) is 9.51. The van der Waals surface area contributed by atoms with Crippen LogP contribution in [-0.2, 0) is 0 Å². The molecule has 42 heavy (non-hydrogen) atoms. The Morgan fingerprint density at radius 3 is 0.738 bits per heavy atom. The molecule has 0 aliphatic rings. The predicted octanol–water partition coefficient (Wildman–Crippen LogP) is 8.44. The van der Waals surface area contributed by atoms with Gasteiger partial charge in [-0.15, -0.1) is 0 Å². The first-order valence-corrected chi connectivity index (χ1v) is 13.7. The highest BCUT2D eigenvalue weighted by atomic mass is 14.2. The molecule has 0 heteroatoms. The third kappa shape index (κ3) is 6.17. The van der Waals surface area contributed by atoms with Crippen molar-refractivity contribution in [2.24, 2.45) is 0 Å². The smallest absolute Gasteiger partial charge is 0.0581 e. The zero-order valence-electron chi connectivity index (χ0n) is 22.9. The summed E-state index contributed by atoms with van der Waals surface area (Å²) in [5.74, 6) is 27.4. The number of fused-ring (bicyclic) bond motifs is 1. The molecule has 0 saturated heterocycles.